The highest BCUT2D eigenvalue weighted by atomic mass is 16.5. The topological polar surface area (TPSA) is 80.1 Å². The van der Waals surface area contributed by atoms with Gasteiger partial charge in [0.15, 0.2) is 0 Å². The molecule has 0 amide bonds. The van der Waals surface area contributed by atoms with Crippen LogP contribution in [0.25, 0.3) is 44.3 Å². The van der Waals surface area contributed by atoms with Crippen LogP contribution in [0.15, 0.2) is 40.9 Å². The van der Waals surface area contributed by atoms with Gasteiger partial charge >= 0.3 is 0 Å². The van der Waals surface area contributed by atoms with E-state index in [1.54, 1.807) is 7.11 Å². The maximum absolute atomic E-state index is 5.83. The molecule has 2 aromatic carbocycles. The van der Waals surface area contributed by atoms with Crippen LogP contribution in [-0.2, 0) is 0 Å². The molecule has 0 radical (unpaired) electrons. The Labute approximate surface area is 197 Å². The lowest BCUT2D eigenvalue weighted by atomic mass is 9.99. The van der Waals surface area contributed by atoms with Crippen LogP contribution >= 0.6 is 0 Å². The van der Waals surface area contributed by atoms with E-state index in [0.29, 0.717) is 0 Å². The summed E-state index contributed by atoms with van der Waals surface area (Å²) in [6.45, 7) is 8.02. The molecule has 0 unspecified atom stereocenters. The molecule has 0 aliphatic carbocycles. The number of fused-ring (bicyclic) bond motifs is 3. The molecule has 34 heavy (non-hydrogen) atoms. The second-order valence-corrected chi connectivity index (χ2v) is 9.01. The Morgan fingerprint density at radius 2 is 1.85 bits per heavy atom. The summed E-state index contributed by atoms with van der Waals surface area (Å²) >= 11 is 0. The van der Waals surface area contributed by atoms with Crippen LogP contribution in [-0.4, -0.2) is 40.3 Å². The summed E-state index contributed by atoms with van der Waals surface area (Å²) < 4.78 is 11.3. The van der Waals surface area contributed by atoms with Crippen LogP contribution in [0.4, 0.5) is 5.69 Å². The molecule has 7 heteroatoms. The first-order valence-corrected chi connectivity index (χ1v) is 11.7. The Balaban J connectivity index is 1.60. The molecular formula is C27H27N5O2. The minimum absolute atomic E-state index is 0.735. The van der Waals surface area contributed by atoms with Crippen LogP contribution in [0.3, 0.4) is 0 Å². The predicted molar refractivity (Wildman–Crippen MR) is 135 cm³/mol. The average molecular weight is 454 g/mol. The Hall–Kier alpha value is -3.87. The van der Waals surface area contributed by atoms with Crippen molar-refractivity contribution in [3.63, 3.8) is 0 Å². The number of rotatable bonds is 4. The van der Waals surface area contributed by atoms with Gasteiger partial charge in [0.05, 0.1) is 29.4 Å². The van der Waals surface area contributed by atoms with Gasteiger partial charge in [0.25, 0.3) is 0 Å². The third-order valence-electron chi connectivity index (χ3n) is 6.78. The summed E-state index contributed by atoms with van der Waals surface area (Å²) in [7, 11) is 1.69. The van der Waals surface area contributed by atoms with Crippen LogP contribution in [0, 0.1) is 20.8 Å². The summed E-state index contributed by atoms with van der Waals surface area (Å²) in [5.74, 6) is 2.26. The smallest absolute Gasteiger partial charge is 0.142 e. The van der Waals surface area contributed by atoms with Gasteiger partial charge in [-0.1, -0.05) is 17.3 Å². The fraction of sp³-hybridized carbons (Fsp3) is 0.296. The van der Waals surface area contributed by atoms with E-state index in [0.717, 1.165) is 80.4 Å². The molecule has 4 heterocycles. The lowest BCUT2D eigenvalue weighted by Gasteiger charge is -2.18. The van der Waals surface area contributed by atoms with Crippen molar-refractivity contribution in [1.29, 1.82) is 0 Å². The predicted octanol–water partition coefficient (Wildman–Crippen LogP) is 5.97. The zero-order valence-corrected chi connectivity index (χ0v) is 19.9. The zero-order valence-electron chi connectivity index (χ0n) is 19.9. The van der Waals surface area contributed by atoms with E-state index in [4.69, 9.17) is 19.2 Å². The van der Waals surface area contributed by atoms with E-state index < -0.39 is 0 Å². The highest BCUT2D eigenvalue weighted by Crippen LogP contribution is 2.41. The summed E-state index contributed by atoms with van der Waals surface area (Å²) in [6, 6.07) is 12.9. The summed E-state index contributed by atoms with van der Waals surface area (Å²) in [5.41, 5.74) is 7.80. The van der Waals surface area contributed by atoms with E-state index in [1.165, 1.54) is 18.5 Å². The molecule has 1 aliphatic rings. The van der Waals surface area contributed by atoms with Gasteiger partial charge in [-0.3, -0.25) is 0 Å². The van der Waals surface area contributed by atoms with E-state index in [2.05, 4.69) is 51.4 Å². The molecule has 1 fully saturated rings. The molecule has 1 aliphatic heterocycles. The normalized spacial score (nSPS) is 13.9. The van der Waals surface area contributed by atoms with E-state index >= 15 is 0 Å². The number of hydrogen-bond donors (Lipinski definition) is 1. The molecule has 0 spiro atoms. The Bertz CT molecular complexity index is 1520. The average Bonchev–Trinajstić information content (AvgIpc) is 3.56. The number of anilines is 1. The SMILES string of the molecule is COc1cc2c(cc1-c1c(C)noc1C)[nH]c1nc(C)nc(-c3cccc(N4CCCC4)c3)c12. The van der Waals surface area contributed by atoms with Gasteiger partial charge in [-0.25, -0.2) is 9.97 Å². The number of aryl methyl sites for hydroxylation is 3. The minimum Gasteiger partial charge on any atom is -0.496 e. The van der Waals surface area contributed by atoms with Gasteiger partial charge in [-0.2, -0.15) is 0 Å². The van der Waals surface area contributed by atoms with Crippen LogP contribution in [0.2, 0.25) is 0 Å². The standard InChI is InChI=1S/C27H27N5O2/c1-15-24(16(2)34-31-15)21-13-22-20(14-23(21)33-4)25-26(28-17(3)29-27(25)30-22)18-8-7-9-19(12-18)32-10-5-6-11-32/h7-9,12-14H,5-6,10-11H2,1-4H3,(H,28,29,30). The Morgan fingerprint density at radius 1 is 1.03 bits per heavy atom. The van der Waals surface area contributed by atoms with Crippen molar-refractivity contribution in [3.05, 3.63) is 53.7 Å². The fourth-order valence-corrected chi connectivity index (χ4v) is 5.20. The molecule has 7 nitrogen and oxygen atoms in total. The van der Waals surface area contributed by atoms with E-state index in [9.17, 15) is 0 Å². The van der Waals surface area contributed by atoms with Crippen molar-refractivity contribution >= 4 is 27.6 Å². The summed E-state index contributed by atoms with van der Waals surface area (Å²) in [4.78, 5) is 15.6. The summed E-state index contributed by atoms with van der Waals surface area (Å²) in [6.07, 6.45) is 2.49. The van der Waals surface area contributed by atoms with E-state index in [-0.39, 0.29) is 0 Å². The second-order valence-electron chi connectivity index (χ2n) is 9.01. The van der Waals surface area contributed by atoms with E-state index in [1.807, 2.05) is 20.8 Å². The number of nitrogens with zero attached hydrogens (tertiary/aromatic N) is 4. The first-order chi connectivity index (χ1) is 16.5. The Morgan fingerprint density at radius 3 is 2.59 bits per heavy atom. The third kappa shape index (κ3) is 3.22. The van der Waals surface area contributed by atoms with Crippen LogP contribution in [0.1, 0.15) is 30.1 Å². The lowest BCUT2D eigenvalue weighted by molar-refractivity contribution is 0.393. The monoisotopic (exact) mass is 453 g/mol. The molecule has 3 aromatic heterocycles. The molecule has 0 bridgehead atoms. The van der Waals surface area contributed by atoms with Crippen molar-refractivity contribution in [2.75, 3.05) is 25.1 Å². The molecule has 172 valence electrons. The van der Waals surface area contributed by atoms with Crippen LogP contribution in [0.5, 0.6) is 5.75 Å². The van der Waals surface area contributed by atoms with Gasteiger partial charge in [0, 0.05) is 40.8 Å². The molecule has 0 saturated carbocycles. The lowest BCUT2D eigenvalue weighted by Crippen LogP contribution is -2.17. The van der Waals surface area contributed by atoms with Gasteiger partial charge in [-0.15, -0.1) is 0 Å². The number of benzene rings is 2. The van der Waals surface area contributed by atoms with Crippen LogP contribution < -0.4 is 9.64 Å². The molecule has 5 aromatic rings. The maximum Gasteiger partial charge on any atom is 0.142 e. The third-order valence-corrected chi connectivity index (χ3v) is 6.78. The van der Waals surface area contributed by atoms with Crippen molar-refractivity contribution < 1.29 is 9.26 Å². The number of aromatic amines is 1. The zero-order chi connectivity index (χ0) is 23.4. The van der Waals surface area contributed by atoms with Crippen molar-refractivity contribution in [2.24, 2.45) is 0 Å². The summed E-state index contributed by atoms with van der Waals surface area (Å²) in [5, 5.41) is 6.16. The number of H-pyrrole nitrogens is 1. The molecule has 1 N–H and O–H groups in total. The second kappa shape index (κ2) is 7.87. The highest BCUT2D eigenvalue weighted by molar-refractivity contribution is 6.13. The maximum atomic E-state index is 5.83. The van der Waals surface area contributed by atoms with Crippen molar-refractivity contribution in [3.8, 4) is 28.1 Å². The van der Waals surface area contributed by atoms with Crippen molar-refractivity contribution in [2.45, 2.75) is 33.6 Å². The minimum atomic E-state index is 0.735. The Kier molecular flexibility index (Phi) is 4.79. The largest absolute Gasteiger partial charge is 0.496 e. The highest BCUT2D eigenvalue weighted by Gasteiger charge is 2.21. The van der Waals surface area contributed by atoms with Gasteiger partial charge < -0.3 is 19.1 Å². The molecular weight excluding hydrogens is 426 g/mol. The van der Waals surface area contributed by atoms with Gasteiger partial charge in [0.1, 0.15) is 23.0 Å². The van der Waals surface area contributed by atoms with Gasteiger partial charge in [-0.05, 0) is 57.9 Å². The number of aromatic nitrogens is 4. The fourth-order valence-electron chi connectivity index (χ4n) is 5.20. The number of hydrogen-bond acceptors (Lipinski definition) is 6. The first kappa shape index (κ1) is 20.7. The molecule has 6 rings (SSSR count). The molecule has 0 atom stereocenters. The molecule has 1 saturated heterocycles. The van der Waals surface area contributed by atoms with Crippen molar-refractivity contribution in [1.82, 2.24) is 20.1 Å². The number of ether oxygens (including phenoxy) is 1. The first-order valence-electron chi connectivity index (χ1n) is 11.7. The number of methoxy groups -OCH3 is 1. The quantitative estimate of drug-likeness (QED) is 0.361. The number of nitrogens with one attached hydrogen (secondary N) is 1. The van der Waals surface area contributed by atoms with Gasteiger partial charge in [0.2, 0.25) is 0 Å².